The molecule has 1 N–H and O–H groups in total. The van der Waals surface area contributed by atoms with Crippen molar-refractivity contribution in [3.05, 3.63) is 30.1 Å². The van der Waals surface area contributed by atoms with Crippen LogP contribution in [0.3, 0.4) is 0 Å². The Morgan fingerprint density at radius 1 is 1.47 bits per heavy atom. The number of hydrogen-bond donors (Lipinski definition) is 1. The van der Waals surface area contributed by atoms with E-state index in [0.29, 0.717) is 6.04 Å². The molecule has 4 nitrogen and oxygen atoms in total. The van der Waals surface area contributed by atoms with Crippen molar-refractivity contribution in [2.45, 2.75) is 32.0 Å². The van der Waals surface area contributed by atoms with Crippen molar-refractivity contribution in [3.8, 4) is 0 Å². The molecule has 1 aromatic rings. The summed E-state index contributed by atoms with van der Waals surface area (Å²) < 4.78 is 0. The van der Waals surface area contributed by atoms with E-state index >= 15 is 0 Å². The van der Waals surface area contributed by atoms with E-state index < -0.39 is 0 Å². The predicted molar refractivity (Wildman–Crippen MR) is 79.1 cm³/mol. The quantitative estimate of drug-likeness (QED) is 0.883. The molecule has 19 heavy (non-hydrogen) atoms. The molecule has 1 aliphatic heterocycles. The molecule has 0 spiro atoms. The number of hydrogen-bond acceptors (Lipinski definition) is 4. The maximum Gasteiger partial charge on any atom is 0.0357 e. The van der Waals surface area contributed by atoms with Crippen molar-refractivity contribution in [3.63, 3.8) is 0 Å². The van der Waals surface area contributed by atoms with Gasteiger partial charge in [-0.1, -0.05) is 6.07 Å². The first-order valence-electron chi connectivity index (χ1n) is 7.00. The van der Waals surface area contributed by atoms with E-state index in [-0.39, 0.29) is 5.54 Å². The molecule has 0 bridgehead atoms. The molecule has 0 amide bonds. The van der Waals surface area contributed by atoms with Crippen LogP contribution in [0.2, 0.25) is 0 Å². The standard InChI is InChI=1S/C15H26N4/c1-15(2)12-17-9-14(11-18(3)4)19(15)10-13-6-5-7-16-8-13/h5-8,14,17H,9-12H2,1-4H3. The lowest BCUT2D eigenvalue weighted by molar-refractivity contribution is 0.0180. The number of nitrogens with one attached hydrogen (secondary N) is 1. The van der Waals surface area contributed by atoms with Gasteiger partial charge in [-0.2, -0.15) is 0 Å². The van der Waals surface area contributed by atoms with Gasteiger partial charge >= 0.3 is 0 Å². The lowest BCUT2D eigenvalue weighted by atomic mass is 9.95. The second-order valence-electron chi connectivity index (χ2n) is 6.35. The van der Waals surface area contributed by atoms with Gasteiger partial charge in [0.2, 0.25) is 0 Å². The minimum Gasteiger partial charge on any atom is -0.313 e. The van der Waals surface area contributed by atoms with Crippen LogP contribution in [0, 0.1) is 0 Å². The maximum atomic E-state index is 4.23. The maximum absolute atomic E-state index is 4.23. The Bertz CT molecular complexity index is 388. The summed E-state index contributed by atoms with van der Waals surface area (Å²) in [5.41, 5.74) is 1.47. The van der Waals surface area contributed by atoms with E-state index in [0.717, 1.165) is 26.2 Å². The second kappa shape index (κ2) is 5.99. The molecule has 1 saturated heterocycles. The summed E-state index contributed by atoms with van der Waals surface area (Å²) in [5, 5.41) is 3.56. The fraction of sp³-hybridized carbons (Fsp3) is 0.667. The van der Waals surface area contributed by atoms with Crippen LogP contribution in [-0.4, -0.2) is 60.1 Å². The Kier molecular flexibility index (Phi) is 4.55. The SMILES string of the molecule is CN(C)CC1CNCC(C)(C)N1Cc1cccnc1. The van der Waals surface area contributed by atoms with E-state index in [1.807, 2.05) is 18.5 Å². The van der Waals surface area contributed by atoms with Crippen molar-refractivity contribution in [2.75, 3.05) is 33.7 Å². The molecule has 0 radical (unpaired) electrons. The van der Waals surface area contributed by atoms with E-state index in [2.05, 4.69) is 54.1 Å². The molecule has 0 saturated carbocycles. The molecule has 106 valence electrons. The summed E-state index contributed by atoms with van der Waals surface area (Å²) >= 11 is 0. The molecule has 1 unspecified atom stereocenters. The zero-order valence-electron chi connectivity index (χ0n) is 12.6. The van der Waals surface area contributed by atoms with Gasteiger partial charge in [0.05, 0.1) is 0 Å². The van der Waals surface area contributed by atoms with Gasteiger partial charge in [0, 0.05) is 50.2 Å². The van der Waals surface area contributed by atoms with E-state index in [9.17, 15) is 0 Å². The van der Waals surface area contributed by atoms with Crippen LogP contribution in [-0.2, 0) is 6.54 Å². The summed E-state index contributed by atoms with van der Waals surface area (Å²) in [4.78, 5) is 9.11. The van der Waals surface area contributed by atoms with Crippen LogP contribution in [0.15, 0.2) is 24.5 Å². The largest absolute Gasteiger partial charge is 0.313 e. The Balaban J connectivity index is 2.14. The minimum absolute atomic E-state index is 0.175. The summed E-state index contributed by atoms with van der Waals surface area (Å²) in [6.07, 6.45) is 3.81. The molecule has 1 aliphatic rings. The number of piperazine rings is 1. The molecule has 0 aromatic carbocycles. The molecule has 2 rings (SSSR count). The fourth-order valence-corrected chi connectivity index (χ4v) is 2.87. The predicted octanol–water partition coefficient (Wildman–Crippen LogP) is 1.20. The van der Waals surface area contributed by atoms with Gasteiger partial charge < -0.3 is 10.2 Å². The number of aromatic nitrogens is 1. The van der Waals surface area contributed by atoms with Gasteiger partial charge in [0.25, 0.3) is 0 Å². The van der Waals surface area contributed by atoms with Gasteiger partial charge in [-0.25, -0.2) is 0 Å². The third-order valence-corrected chi connectivity index (χ3v) is 3.81. The van der Waals surface area contributed by atoms with Gasteiger partial charge in [-0.15, -0.1) is 0 Å². The highest BCUT2D eigenvalue weighted by molar-refractivity contribution is 5.10. The highest BCUT2D eigenvalue weighted by Gasteiger charge is 2.36. The van der Waals surface area contributed by atoms with Crippen molar-refractivity contribution >= 4 is 0 Å². The average Bonchev–Trinajstić information content (AvgIpc) is 2.34. The van der Waals surface area contributed by atoms with Gasteiger partial charge in [0.15, 0.2) is 0 Å². The summed E-state index contributed by atoms with van der Waals surface area (Å²) in [7, 11) is 4.29. The average molecular weight is 262 g/mol. The summed E-state index contributed by atoms with van der Waals surface area (Å²) in [5.74, 6) is 0. The first-order chi connectivity index (χ1) is 8.99. The van der Waals surface area contributed by atoms with Gasteiger partial charge in [0.1, 0.15) is 0 Å². The molecular formula is C15H26N4. The smallest absolute Gasteiger partial charge is 0.0357 e. The lowest BCUT2D eigenvalue weighted by Crippen LogP contribution is -2.64. The van der Waals surface area contributed by atoms with Crippen LogP contribution in [0.5, 0.6) is 0 Å². The fourth-order valence-electron chi connectivity index (χ4n) is 2.87. The lowest BCUT2D eigenvalue weighted by Gasteiger charge is -2.49. The van der Waals surface area contributed by atoms with Crippen LogP contribution in [0.1, 0.15) is 19.4 Å². The normalized spacial score (nSPS) is 23.7. The van der Waals surface area contributed by atoms with Crippen LogP contribution >= 0.6 is 0 Å². The third kappa shape index (κ3) is 3.75. The third-order valence-electron chi connectivity index (χ3n) is 3.81. The highest BCUT2D eigenvalue weighted by Crippen LogP contribution is 2.23. The summed E-state index contributed by atoms with van der Waals surface area (Å²) in [6.45, 7) is 8.78. The first-order valence-corrected chi connectivity index (χ1v) is 7.00. The number of likely N-dealkylation sites (N-methyl/N-ethyl adjacent to an activating group) is 1. The second-order valence-corrected chi connectivity index (χ2v) is 6.35. The number of nitrogens with zero attached hydrogens (tertiary/aromatic N) is 3. The van der Waals surface area contributed by atoms with E-state index in [1.54, 1.807) is 0 Å². The van der Waals surface area contributed by atoms with Crippen molar-refractivity contribution in [2.24, 2.45) is 0 Å². The monoisotopic (exact) mass is 262 g/mol. The van der Waals surface area contributed by atoms with Crippen LogP contribution < -0.4 is 5.32 Å². The van der Waals surface area contributed by atoms with E-state index in [4.69, 9.17) is 0 Å². The minimum atomic E-state index is 0.175. The summed E-state index contributed by atoms with van der Waals surface area (Å²) in [6, 6.07) is 4.72. The molecule has 1 fully saturated rings. The van der Waals surface area contributed by atoms with Crippen molar-refractivity contribution < 1.29 is 0 Å². The molecule has 1 aromatic heterocycles. The Morgan fingerprint density at radius 3 is 2.89 bits per heavy atom. The zero-order valence-corrected chi connectivity index (χ0v) is 12.6. The molecule has 1 atom stereocenters. The Labute approximate surface area is 116 Å². The van der Waals surface area contributed by atoms with Crippen molar-refractivity contribution in [1.29, 1.82) is 0 Å². The number of rotatable bonds is 4. The topological polar surface area (TPSA) is 31.4 Å². The molecular weight excluding hydrogens is 236 g/mol. The van der Waals surface area contributed by atoms with Crippen LogP contribution in [0.4, 0.5) is 0 Å². The Hall–Kier alpha value is -0.970. The molecule has 2 heterocycles. The molecule has 0 aliphatic carbocycles. The van der Waals surface area contributed by atoms with E-state index in [1.165, 1.54) is 5.56 Å². The highest BCUT2D eigenvalue weighted by atomic mass is 15.3. The van der Waals surface area contributed by atoms with Crippen LogP contribution in [0.25, 0.3) is 0 Å². The first kappa shape index (κ1) is 14.4. The Morgan fingerprint density at radius 2 is 2.26 bits per heavy atom. The number of pyridine rings is 1. The zero-order chi connectivity index (χ0) is 13.9. The van der Waals surface area contributed by atoms with Gasteiger partial charge in [-0.3, -0.25) is 9.88 Å². The van der Waals surface area contributed by atoms with Gasteiger partial charge in [-0.05, 0) is 39.6 Å². The molecule has 4 heteroatoms. The van der Waals surface area contributed by atoms with Crippen molar-refractivity contribution in [1.82, 2.24) is 20.1 Å².